The number of nitrogens with zero attached hydrogens (tertiary/aromatic N) is 1. The van der Waals surface area contributed by atoms with Crippen molar-refractivity contribution in [1.82, 2.24) is 10.2 Å². The van der Waals surface area contributed by atoms with E-state index in [1.165, 1.54) is 11.8 Å². The molecule has 0 unspecified atom stereocenters. The molecule has 0 radical (unpaired) electrons. The molecule has 1 aromatic rings. The van der Waals surface area contributed by atoms with Gasteiger partial charge in [0.15, 0.2) is 6.10 Å². The first-order valence-electron chi connectivity index (χ1n) is 8.31. The van der Waals surface area contributed by atoms with E-state index >= 15 is 0 Å². The molecular weight excluding hydrogens is 324 g/mol. The number of benzene rings is 1. The minimum atomic E-state index is -1.43. The molecule has 0 spiro atoms. The second kappa shape index (κ2) is 8.39. The van der Waals surface area contributed by atoms with Crippen molar-refractivity contribution in [3.8, 4) is 0 Å². The molecule has 1 heterocycles. The summed E-state index contributed by atoms with van der Waals surface area (Å²) in [5.41, 5.74) is 12.2. The molecule has 0 aromatic heterocycles. The van der Waals surface area contributed by atoms with E-state index in [1.54, 1.807) is 30.3 Å². The molecule has 8 nitrogen and oxygen atoms in total. The van der Waals surface area contributed by atoms with Crippen LogP contribution in [0.4, 0.5) is 0 Å². The van der Waals surface area contributed by atoms with Crippen molar-refractivity contribution in [3.05, 3.63) is 35.9 Å². The highest BCUT2D eigenvalue weighted by molar-refractivity contribution is 5.90. The van der Waals surface area contributed by atoms with Crippen LogP contribution < -0.4 is 16.8 Å². The number of aliphatic hydroxyl groups is 2. The summed E-state index contributed by atoms with van der Waals surface area (Å²) < 4.78 is 0. The fraction of sp³-hybridized carbons (Fsp3) is 0.529. The Morgan fingerprint density at radius 2 is 1.72 bits per heavy atom. The maximum atomic E-state index is 12.7. The van der Waals surface area contributed by atoms with Gasteiger partial charge in [0.05, 0.1) is 6.10 Å². The second-order valence-electron chi connectivity index (χ2n) is 6.54. The van der Waals surface area contributed by atoms with Gasteiger partial charge >= 0.3 is 0 Å². The van der Waals surface area contributed by atoms with E-state index in [2.05, 4.69) is 5.32 Å². The van der Waals surface area contributed by atoms with Crippen LogP contribution in [0, 0.1) is 0 Å². The van der Waals surface area contributed by atoms with Gasteiger partial charge in [-0.25, -0.2) is 0 Å². The Morgan fingerprint density at radius 1 is 1.16 bits per heavy atom. The van der Waals surface area contributed by atoms with Gasteiger partial charge in [0.2, 0.25) is 5.91 Å². The van der Waals surface area contributed by atoms with Gasteiger partial charge < -0.3 is 31.9 Å². The third-order valence-electron chi connectivity index (χ3n) is 4.24. The molecule has 1 saturated heterocycles. The summed E-state index contributed by atoms with van der Waals surface area (Å²) in [6.45, 7) is 2.03. The lowest BCUT2D eigenvalue weighted by Gasteiger charge is -2.37. The first kappa shape index (κ1) is 19.3. The van der Waals surface area contributed by atoms with Gasteiger partial charge in [-0.1, -0.05) is 30.3 Å². The first-order valence-corrected chi connectivity index (χ1v) is 8.31. The Morgan fingerprint density at radius 3 is 2.24 bits per heavy atom. The number of rotatable bonds is 5. The van der Waals surface area contributed by atoms with Crippen LogP contribution in [0.25, 0.3) is 0 Å². The van der Waals surface area contributed by atoms with E-state index in [9.17, 15) is 19.8 Å². The lowest BCUT2D eigenvalue weighted by Crippen LogP contribution is -2.60. The maximum absolute atomic E-state index is 12.7. The Kier molecular flexibility index (Phi) is 6.49. The van der Waals surface area contributed by atoms with Crippen molar-refractivity contribution < 1.29 is 19.8 Å². The van der Waals surface area contributed by atoms with E-state index in [1.807, 2.05) is 0 Å². The van der Waals surface area contributed by atoms with Crippen LogP contribution in [-0.2, 0) is 9.59 Å². The quantitative estimate of drug-likeness (QED) is 0.436. The average Bonchev–Trinajstić information content (AvgIpc) is 2.57. The van der Waals surface area contributed by atoms with Gasteiger partial charge in [-0.3, -0.25) is 9.59 Å². The van der Waals surface area contributed by atoms with E-state index in [0.717, 1.165) is 0 Å². The molecule has 2 amide bonds. The number of likely N-dealkylation sites (tertiary alicyclic amines) is 1. The van der Waals surface area contributed by atoms with E-state index < -0.39 is 30.1 Å². The molecule has 1 fully saturated rings. The van der Waals surface area contributed by atoms with Crippen LogP contribution in [-0.4, -0.2) is 64.2 Å². The lowest BCUT2D eigenvalue weighted by molar-refractivity contribution is -0.142. The van der Waals surface area contributed by atoms with Gasteiger partial charge in [0.25, 0.3) is 5.91 Å². The zero-order valence-corrected chi connectivity index (χ0v) is 14.2. The molecular formula is C17H26N4O4. The Hall–Kier alpha value is -2.00. The standard InChI is InChI=1S/C17H26N4O4/c1-10(22)14(17(25)21-8-12(18)7-13(19)9-21)20-16(24)15(23)11-5-3-2-4-6-11/h2-6,10,12-15,22-23H,7-9,18-19H2,1H3,(H,20,24)/t10-,12-,13+,14+,15-/m1/s1. The highest BCUT2D eigenvalue weighted by Gasteiger charge is 2.35. The number of nitrogens with two attached hydrogens (primary N) is 2. The zero-order chi connectivity index (χ0) is 18.6. The molecule has 0 saturated carbocycles. The SMILES string of the molecule is C[C@@H](O)[C@H](NC(=O)[C@H](O)c1ccccc1)C(=O)N1C[C@H](N)C[C@H](N)C1. The fourth-order valence-electron chi connectivity index (χ4n) is 2.96. The molecule has 5 atom stereocenters. The normalized spacial score (nSPS) is 24.3. The zero-order valence-electron chi connectivity index (χ0n) is 14.2. The number of piperidine rings is 1. The third-order valence-corrected chi connectivity index (χ3v) is 4.24. The minimum absolute atomic E-state index is 0.243. The number of carbonyl (C=O) groups is 2. The summed E-state index contributed by atoms with van der Waals surface area (Å²) in [5.74, 6) is -1.22. The van der Waals surface area contributed by atoms with Crippen LogP contribution in [0.1, 0.15) is 25.0 Å². The second-order valence-corrected chi connectivity index (χ2v) is 6.54. The lowest BCUT2D eigenvalue weighted by atomic mass is 10.0. The van der Waals surface area contributed by atoms with E-state index in [4.69, 9.17) is 11.5 Å². The van der Waals surface area contributed by atoms with Crippen molar-refractivity contribution in [2.75, 3.05) is 13.1 Å². The van der Waals surface area contributed by atoms with Gasteiger partial charge in [-0.2, -0.15) is 0 Å². The summed E-state index contributed by atoms with van der Waals surface area (Å²) in [6, 6.07) is 6.70. The van der Waals surface area contributed by atoms with Gasteiger partial charge in [0, 0.05) is 25.2 Å². The van der Waals surface area contributed by atoms with Gasteiger partial charge in [-0.05, 0) is 18.9 Å². The van der Waals surface area contributed by atoms with E-state index in [0.29, 0.717) is 25.1 Å². The summed E-state index contributed by atoms with van der Waals surface area (Å²) in [4.78, 5) is 26.4. The molecule has 1 aliphatic heterocycles. The summed E-state index contributed by atoms with van der Waals surface area (Å²) in [5, 5.41) is 22.5. The van der Waals surface area contributed by atoms with Crippen molar-refractivity contribution in [2.24, 2.45) is 11.5 Å². The van der Waals surface area contributed by atoms with Crippen molar-refractivity contribution in [3.63, 3.8) is 0 Å². The van der Waals surface area contributed by atoms with Gasteiger partial charge in [-0.15, -0.1) is 0 Å². The van der Waals surface area contributed by atoms with Crippen LogP contribution in [0.15, 0.2) is 30.3 Å². The molecule has 1 aromatic carbocycles. The van der Waals surface area contributed by atoms with Crippen LogP contribution in [0.3, 0.4) is 0 Å². The monoisotopic (exact) mass is 350 g/mol. The maximum Gasteiger partial charge on any atom is 0.254 e. The molecule has 2 rings (SSSR count). The molecule has 0 aliphatic carbocycles. The van der Waals surface area contributed by atoms with Crippen LogP contribution in [0.5, 0.6) is 0 Å². The smallest absolute Gasteiger partial charge is 0.254 e. The summed E-state index contributed by atoms with van der Waals surface area (Å²) >= 11 is 0. The summed E-state index contributed by atoms with van der Waals surface area (Å²) in [6.07, 6.45) is -1.95. The number of amides is 2. The molecule has 1 aliphatic rings. The Bertz CT molecular complexity index is 586. The average molecular weight is 350 g/mol. The molecule has 138 valence electrons. The van der Waals surface area contributed by atoms with Crippen LogP contribution in [0.2, 0.25) is 0 Å². The molecule has 7 N–H and O–H groups in total. The van der Waals surface area contributed by atoms with Gasteiger partial charge in [0.1, 0.15) is 6.04 Å². The van der Waals surface area contributed by atoms with Crippen LogP contribution >= 0.6 is 0 Å². The number of hydrogen-bond donors (Lipinski definition) is 5. The Labute approximate surface area is 146 Å². The third kappa shape index (κ3) is 4.99. The number of hydrogen-bond acceptors (Lipinski definition) is 6. The topological polar surface area (TPSA) is 142 Å². The molecule has 25 heavy (non-hydrogen) atoms. The highest BCUT2D eigenvalue weighted by atomic mass is 16.3. The predicted molar refractivity (Wildman–Crippen MR) is 92.2 cm³/mol. The molecule has 0 bridgehead atoms. The van der Waals surface area contributed by atoms with Crippen molar-refractivity contribution in [2.45, 2.75) is 43.7 Å². The minimum Gasteiger partial charge on any atom is -0.391 e. The fourth-order valence-corrected chi connectivity index (χ4v) is 2.96. The number of nitrogens with one attached hydrogen (secondary N) is 1. The predicted octanol–water partition coefficient (Wildman–Crippen LogP) is -1.53. The first-order chi connectivity index (χ1) is 11.8. The highest BCUT2D eigenvalue weighted by Crippen LogP contribution is 2.14. The summed E-state index contributed by atoms with van der Waals surface area (Å²) in [7, 11) is 0. The molecule has 8 heteroatoms. The Balaban J connectivity index is 2.07. The number of aliphatic hydroxyl groups excluding tert-OH is 2. The van der Waals surface area contributed by atoms with Crippen molar-refractivity contribution in [1.29, 1.82) is 0 Å². The van der Waals surface area contributed by atoms with E-state index in [-0.39, 0.29) is 12.1 Å². The number of carbonyl (C=O) groups excluding carboxylic acids is 2. The van der Waals surface area contributed by atoms with Crippen molar-refractivity contribution >= 4 is 11.8 Å². The largest absolute Gasteiger partial charge is 0.391 e.